The fourth-order valence-electron chi connectivity index (χ4n) is 1.42. The van der Waals surface area contributed by atoms with E-state index >= 15 is 0 Å². The fraction of sp³-hybridized carbons (Fsp3) is 0.900. The highest BCUT2D eigenvalue weighted by molar-refractivity contribution is 8.06. The van der Waals surface area contributed by atoms with E-state index in [2.05, 4.69) is 5.32 Å². The maximum Gasteiger partial charge on any atom is 0.222 e. The standard InChI is InChI=1S/C10H20N2OS2/c1-8(2-3-11)10(13)12-6-9-7-14-4-5-15-9/h8-9H,2-7,11H2,1H3,(H,12,13). The molecule has 3 nitrogen and oxygen atoms in total. The molecule has 1 fully saturated rings. The van der Waals surface area contributed by atoms with Crippen LogP contribution in [0.5, 0.6) is 0 Å². The molecule has 0 bridgehead atoms. The van der Waals surface area contributed by atoms with Gasteiger partial charge >= 0.3 is 0 Å². The topological polar surface area (TPSA) is 55.1 Å². The Morgan fingerprint density at radius 2 is 2.40 bits per heavy atom. The van der Waals surface area contributed by atoms with Crippen LogP contribution in [0.3, 0.4) is 0 Å². The van der Waals surface area contributed by atoms with Gasteiger partial charge in [-0.15, -0.1) is 0 Å². The van der Waals surface area contributed by atoms with Gasteiger partial charge in [0.15, 0.2) is 0 Å². The van der Waals surface area contributed by atoms with Crippen molar-refractivity contribution in [2.45, 2.75) is 18.6 Å². The molecule has 2 unspecified atom stereocenters. The summed E-state index contributed by atoms with van der Waals surface area (Å²) in [4.78, 5) is 11.6. The number of rotatable bonds is 5. The maximum absolute atomic E-state index is 11.6. The molecule has 1 heterocycles. The highest BCUT2D eigenvalue weighted by Gasteiger charge is 2.17. The molecule has 2 atom stereocenters. The maximum atomic E-state index is 11.6. The average Bonchev–Trinajstić information content (AvgIpc) is 2.27. The van der Waals surface area contributed by atoms with Gasteiger partial charge in [0.05, 0.1) is 0 Å². The van der Waals surface area contributed by atoms with Gasteiger partial charge in [0.1, 0.15) is 0 Å². The number of hydrogen-bond donors (Lipinski definition) is 2. The molecular formula is C10H20N2OS2. The fourth-order valence-corrected chi connectivity index (χ4v) is 4.04. The van der Waals surface area contributed by atoms with Crippen LogP contribution in [0.15, 0.2) is 0 Å². The summed E-state index contributed by atoms with van der Waals surface area (Å²) in [5.41, 5.74) is 5.42. The molecule has 1 saturated heterocycles. The average molecular weight is 248 g/mol. The number of nitrogens with one attached hydrogen (secondary N) is 1. The third kappa shape index (κ3) is 5.13. The van der Waals surface area contributed by atoms with E-state index in [0.29, 0.717) is 11.8 Å². The molecule has 15 heavy (non-hydrogen) atoms. The SMILES string of the molecule is CC(CCN)C(=O)NCC1CSCCS1. The van der Waals surface area contributed by atoms with Gasteiger partial charge in [0, 0.05) is 35.0 Å². The van der Waals surface area contributed by atoms with Crippen LogP contribution in [0, 0.1) is 5.92 Å². The Hall–Kier alpha value is 0.130. The van der Waals surface area contributed by atoms with E-state index in [1.54, 1.807) is 0 Å². The lowest BCUT2D eigenvalue weighted by Gasteiger charge is -2.22. The molecule has 1 aliphatic rings. The molecule has 88 valence electrons. The number of carbonyl (C=O) groups is 1. The van der Waals surface area contributed by atoms with Gasteiger partial charge < -0.3 is 11.1 Å². The minimum absolute atomic E-state index is 0.0521. The Kier molecular flexibility index (Phi) is 6.52. The summed E-state index contributed by atoms with van der Waals surface area (Å²) in [7, 11) is 0. The molecule has 0 saturated carbocycles. The zero-order valence-electron chi connectivity index (χ0n) is 9.20. The molecule has 3 N–H and O–H groups in total. The van der Waals surface area contributed by atoms with E-state index < -0.39 is 0 Å². The summed E-state index contributed by atoms with van der Waals surface area (Å²) in [6.45, 7) is 3.33. The van der Waals surface area contributed by atoms with Crippen molar-refractivity contribution in [1.29, 1.82) is 0 Å². The first kappa shape index (κ1) is 13.2. The Morgan fingerprint density at radius 3 is 3.00 bits per heavy atom. The second kappa shape index (κ2) is 7.41. The minimum atomic E-state index is 0.0521. The third-order valence-corrected chi connectivity index (χ3v) is 5.28. The van der Waals surface area contributed by atoms with Crippen molar-refractivity contribution >= 4 is 29.4 Å². The lowest BCUT2D eigenvalue weighted by atomic mass is 10.1. The largest absolute Gasteiger partial charge is 0.355 e. The summed E-state index contributed by atoms with van der Waals surface area (Å²) >= 11 is 3.95. The second-order valence-electron chi connectivity index (χ2n) is 3.79. The highest BCUT2D eigenvalue weighted by Crippen LogP contribution is 2.23. The Bertz CT molecular complexity index is 196. The monoisotopic (exact) mass is 248 g/mol. The van der Waals surface area contributed by atoms with Crippen LogP contribution in [-0.4, -0.2) is 41.5 Å². The van der Waals surface area contributed by atoms with Gasteiger partial charge in [-0.3, -0.25) is 4.79 Å². The third-order valence-electron chi connectivity index (χ3n) is 2.44. The molecule has 1 amide bonds. The van der Waals surface area contributed by atoms with Crippen molar-refractivity contribution in [2.24, 2.45) is 11.7 Å². The van der Waals surface area contributed by atoms with Crippen LogP contribution in [0.25, 0.3) is 0 Å². The highest BCUT2D eigenvalue weighted by atomic mass is 32.2. The van der Waals surface area contributed by atoms with E-state index in [1.807, 2.05) is 30.4 Å². The van der Waals surface area contributed by atoms with Crippen LogP contribution < -0.4 is 11.1 Å². The van der Waals surface area contributed by atoms with Gasteiger partial charge in [-0.25, -0.2) is 0 Å². The second-order valence-corrected chi connectivity index (χ2v) is 6.35. The number of amides is 1. The quantitative estimate of drug-likeness (QED) is 0.760. The Morgan fingerprint density at radius 1 is 1.60 bits per heavy atom. The van der Waals surface area contributed by atoms with Crippen LogP contribution in [-0.2, 0) is 4.79 Å². The zero-order valence-corrected chi connectivity index (χ0v) is 10.8. The number of hydrogen-bond acceptors (Lipinski definition) is 4. The molecular weight excluding hydrogens is 228 g/mol. The van der Waals surface area contributed by atoms with Gasteiger partial charge in [0.25, 0.3) is 0 Å². The van der Waals surface area contributed by atoms with Crippen molar-refractivity contribution in [3.05, 3.63) is 0 Å². The predicted octanol–water partition coefficient (Wildman–Crippen LogP) is 0.936. The van der Waals surface area contributed by atoms with E-state index in [-0.39, 0.29) is 11.8 Å². The van der Waals surface area contributed by atoms with Crippen molar-refractivity contribution < 1.29 is 4.79 Å². The van der Waals surface area contributed by atoms with Gasteiger partial charge in [-0.2, -0.15) is 23.5 Å². The van der Waals surface area contributed by atoms with Crippen LogP contribution in [0.2, 0.25) is 0 Å². The summed E-state index contributed by atoms with van der Waals surface area (Å²) in [6.07, 6.45) is 0.776. The first-order valence-corrected chi connectivity index (χ1v) is 7.61. The first-order chi connectivity index (χ1) is 7.24. The normalized spacial score (nSPS) is 23.5. The molecule has 1 aliphatic heterocycles. The molecule has 0 radical (unpaired) electrons. The van der Waals surface area contributed by atoms with Crippen molar-refractivity contribution in [3.8, 4) is 0 Å². The molecule has 1 rings (SSSR count). The van der Waals surface area contributed by atoms with Crippen LogP contribution >= 0.6 is 23.5 Å². The number of nitrogens with two attached hydrogens (primary N) is 1. The summed E-state index contributed by atoms with van der Waals surface area (Å²) in [5.74, 6) is 3.83. The van der Waals surface area contributed by atoms with Crippen LogP contribution in [0.4, 0.5) is 0 Å². The van der Waals surface area contributed by atoms with E-state index in [0.717, 1.165) is 18.7 Å². The molecule has 0 aromatic heterocycles. The van der Waals surface area contributed by atoms with Crippen molar-refractivity contribution in [3.63, 3.8) is 0 Å². The summed E-state index contributed by atoms with van der Waals surface area (Å²) in [6, 6.07) is 0. The first-order valence-electron chi connectivity index (χ1n) is 5.41. The minimum Gasteiger partial charge on any atom is -0.355 e. The van der Waals surface area contributed by atoms with E-state index in [1.165, 1.54) is 11.5 Å². The van der Waals surface area contributed by atoms with E-state index in [9.17, 15) is 4.79 Å². The summed E-state index contributed by atoms with van der Waals surface area (Å²) in [5, 5.41) is 3.60. The Balaban J connectivity index is 2.14. The lowest BCUT2D eigenvalue weighted by molar-refractivity contribution is -0.124. The smallest absolute Gasteiger partial charge is 0.222 e. The predicted molar refractivity (Wildman–Crippen MR) is 69.4 cm³/mol. The lowest BCUT2D eigenvalue weighted by Crippen LogP contribution is -2.36. The van der Waals surface area contributed by atoms with Crippen molar-refractivity contribution in [2.75, 3.05) is 30.3 Å². The molecule has 0 aliphatic carbocycles. The molecule has 0 aromatic carbocycles. The van der Waals surface area contributed by atoms with Gasteiger partial charge in [-0.1, -0.05) is 6.92 Å². The molecule has 0 aromatic rings. The zero-order chi connectivity index (χ0) is 11.1. The van der Waals surface area contributed by atoms with E-state index in [4.69, 9.17) is 5.73 Å². The van der Waals surface area contributed by atoms with Gasteiger partial charge in [-0.05, 0) is 13.0 Å². The number of thioether (sulfide) groups is 2. The van der Waals surface area contributed by atoms with Gasteiger partial charge in [0.2, 0.25) is 5.91 Å². The molecule has 5 heteroatoms. The van der Waals surface area contributed by atoms with Crippen molar-refractivity contribution in [1.82, 2.24) is 5.32 Å². The number of carbonyl (C=O) groups excluding carboxylic acids is 1. The van der Waals surface area contributed by atoms with Crippen LogP contribution in [0.1, 0.15) is 13.3 Å². The molecule has 0 spiro atoms. The Labute approximate surface area is 100 Å². The summed E-state index contributed by atoms with van der Waals surface area (Å²) < 4.78 is 0.